The molecule has 25 heavy (non-hydrogen) atoms. The number of hydrogen-bond donors (Lipinski definition) is 1. The molecule has 2 aromatic heterocycles. The summed E-state index contributed by atoms with van der Waals surface area (Å²) in [5.74, 6) is 0.889. The van der Waals surface area contributed by atoms with Crippen LogP contribution in [0.2, 0.25) is 0 Å². The third-order valence-corrected chi connectivity index (χ3v) is 5.80. The summed E-state index contributed by atoms with van der Waals surface area (Å²) < 4.78 is 41.2. The van der Waals surface area contributed by atoms with Crippen LogP contribution in [0, 0.1) is 0 Å². The van der Waals surface area contributed by atoms with Crippen LogP contribution >= 0.6 is 11.3 Å². The number of fused-ring (bicyclic) bond motifs is 1. The predicted molar refractivity (Wildman–Crippen MR) is 85.3 cm³/mol. The van der Waals surface area contributed by atoms with E-state index >= 15 is 0 Å². The van der Waals surface area contributed by atoms with Gasteiger partial charge in [-0.15, -0.1) is 10.2 Å². The molecule has 1 saturated carbocycles. The predicted octanol–water partition coefficient (Wildman–Crippen LogP) is 3.50. The molecule has 9 heteroatoms. The highest BCUT2D eigenvalue weighted by molar-refractivity contribution is 7.08. The minimum absolute atomic E-state index is 0.317. The second kappa shape index (κ2) is 5.82. The first-order chi connectivity index (χ1) is 11.9. The molecule has 0 atom stereocenters. The number of aryl methyl sites for hydroxylation is 1. The van der Waals surface area contributed by atoms with E-state index in [1.54, 1.807) is 0 Å². The first-order valence-electron chi connectivity index (χ1n) is 8.29. The lowest BCUT2D eigenvalue weighted by atomic mass is 9.75. The summed E-state index contributed by atoms with van der Waals surface area (Å²) in [5.41, 5.74) is -1.90. The van der Waals surface area contributed by atoms with Crippen molar-refractivity contribution in [3.05, 3.63) is 33.5 Å². The Hall–Kier alpha value is -1.90. The Morgan fingerprint density at radius 2 is 2.00 bits per heavy atom. The van der Waals surface area contributed by atoms with E-state index < -0.39 is 23.2 Å². The van der Waals surface area contributed by atoms with E-state index in [2.05, 4.69) is 15.5 Å². The van der Waals surface area contributed by atoms with Crippen LogP contribution in [0.15, 0.2) is 10.8 Å². The zero-order chi connectivity index (χ0) is 17.7. The standard InChI is InChI=1S/C16H17F3N4OS/c17-16(18,19)11-9-25-8-10(11)13(24)20-15(5-3-6-15)14-22-21-12-4-1-2-7-23(12)14/h8-9H,1-7H2,(H,20,24). The number of carbonyl (C=O) groups excluding carboxylic acids is 1. The lowest BCUT2D eigenvalue weighted by molar-refractivity contribution is -0.137. The fraction of sp³-hybridized carbons (Fsp3) is 0.562. The van der Waals surface area contributed by atoms with Gasteiger partial charge >= 0.3 is 6.18 Å². The number of halogens is 3. The summed E-state index contributed by atoms with van der Waals surface area (Å²) in [5, 5.41) is 13.6. The maximum absolute atomic E-state index is 13.1. The highest BCUT2D eigenvalue weighted by Crippen LogP contribution is 2.42. The number of alkyl halides is 3. The second-order valence-electron chi connectivity index (χ2n) is 6.64. The Labute approximate surface area is 146 Å². The van der Waals surface area contributed by atoms with E-state index in [-0.39, 0.29) is 5.56 Å². The van der Waals surface area contributed by atoms with Crippen molar-refractivity contribution < 1.29 is 18.0 Å². The van der Waals surface area contributed by atoms with Crippen LogP contribution in [0.5, 0.6) is 0 Å². The van der Waals surface area contributed by atoms with Crippen LogP contribution in [0.25, 0.3) is 0 Å². The van der Waals surface area contributed by atoms with Crippen molar-refractivity contribution in [2.75, 3.05) is 0 Å². The second-order valence-corrected chi connectivity index (χ2v) is 7.38. The molecule has 5 nitrogen and oxygen atoms in total. The number of rotatable bonds is 3. The number of aromatic nitrogens is 3. The minimum Gasteiger partial charge on any atom is -0.339 e. The summed E-state index contributed by atoms with van der Waals surface area (Å²) in [6.45, 7) is 0.793. The van der Waals surface area contributed by atoms with Gasteiger partial charge in [-0.25, -0.2) is 0 Å². The third kappa shape index (κ3) is 2.74. The maximum Gasteiger partial charge on any atom is 0.417 e. The number of thiophene rings is 1. The SMILES string of the molecule is O=C(NC1(c2nnc3n2CCCC3)CCC1)c1cscc1C(F)(F)F. The van der Waals surface area contributed by atoms with E-state index in [1.807, 2.05) is 4.57 Å². The Balaban J connectivity index is 1.64. The van der Waals surface area contributed by atoms with Crippen molar-refractivity contribution in [3.8, 4) is 0 Å². The average molecular weight is 370 g/mol. The molecular weight excluding hydrogens is 353 g/mol. The van der Waals surface area contributed by atoms with E-state index in [0.717, 1.165) is 54.8 Å². The first kappa shape index (κ1) is 16.6. The first-order valence-corrected chi connectivity index (χ1v) is 9.23. The molecule has 1 aliphatic heterocycles. The monoisotopic (exact) mass is 370 g/mol. The van der Waals surface area contributed by atoms with Crippen LogP contribution in [0.4, 0.5) is 13.2 Å². The lowest BCUT2D eigenvalue weighted by Crippen LogP contribution is -2.52. The molecule has 1 amide bonds. The maximum atomic E-state index is 13.1. The molecule has 4 rings (SSSR count). The number of hydrogen-bond acceptors (Lipinski definition) is 4. The van der Waals surface area contributed by atoms with Crippen LogP contribution in [0.3, 0.4) is 0 Å². The van der Waals surface area contributed by atoms with Crippen LogP contribution < -0.4 is 5.32 Å². The molecule has 0 radical (unpaired) electrons. The number of carbonyl (C=O) groups is 1. The number of nitrogens with one attached hydrogen (secondary N) is 1. The van der Waals surface area contributed by atoms with Gasteiger partial charge in [0.2, 0.25) is 0 Å². The van der Waals surface area contributed by atoms with Crippen molar-refractivity contribution in [2.45, 2.75) is 56.8 Å². The third-order valence-electron chi connectivity index (χ3n) is 5.06. The summed E-state index contributed by atoms with van der Waals surface area (Å²) in [4.78, 5) is 12.6. The Morgan fingerprint density at radius 3 is 2.68 bits per heavy atom. The molecule has 1 N–H and O–H groups in total. The van der Waals surface area contributed by atoms with Gasteiger partial charge < -0.3 is 9.88 Å². The average Bonchev–Trinajstić information content (AvgIpc) is 3.17. The summed E-state index contributed by atoms with van der Waals surface area (Å²) in [7, 11) is 0. The van der Waals surface area contributed by atoms with Gasteiger partial charge in [-0.1, -0.05) is 0 Å². The van der Waals surface area contributed by atoms with Gasteiger partial charge in [-0.05, 0) is 32.1 Å². The van der Waals surface area contributed by atoms with E-state index in [0.29, 0.717) is 18.7 Å². The topological polar surface area (TPSA) is 59.8 Å². The zero-order valence-corrected chi connectivity index (χ0v) is 14.2. The lowest BCUT2D eigenvalue weighted by Gasteiger charge is -2.42. The highest BCUT2D eigenvalue weighted by atomic mass is 32.1. The molecule has 2 aliphatic rings. The van der Waals surface area contributed by atoms with Crippen molar-refractivity contribution in [3.63, 3.8) is 0 Å². The Kier molecular flexibility index (Phi) is 3.86. The molecule has 0 aromatic carbocycles. The van der Waals surface area contributed by atoms with Crippen molar-refractivity contribution in [2.24, 2.45) is 0 Å². The van der Waals surface area contributed by atoms with Crippen molar-refractivity contribution in [1.82, 2.24) is 20.1 Å². The largest absolute Gasteiger partial charge is 0.417 e. The molecule has 134 valence electrons. The van der Waals surface area contributed by atoms with Crippen molar-refractivity contribution >= 4 is 17.2 Å². The van der Waals surface area contributed by atoms with Crippen LogP contribution in [0.1, 0.15) is 59.7 Å². The quantitative estimate of drug-likeness (QED) is 0.900. The van der Waals surface area contributed by atoms with Gasteiger partial charge in [0.1, 0.15) is 11.4 Å². The molecule has 3 heterocycles. The normalized spacial score (nSPS) is 19.2. The Bertz CT molecular complexity index is 807. The zero-order valence-electron chi connectivity index (χ0n) is 13.4. The smallest absolute Gasteiger partial charge is 0.339 e. The molecule has 1 aliphatic carbocycles. The molecule has 2 aromatic rings. The fourth-order valence-corrected chi connectivity index (χ4v) is 4.41. The van der Waals surface area contributed by atoms with Crippen molar-refractivity contribution in [1.29, 1.82) is 0 Å². The number of nitrogens with zero attached hydrogens (tertiary/aromatic N) is 3. The molecule has 0 bridgehead atoms. The van der Waals surface area contributed by atoms with Gasteiger partial charge in [0.05, 0.1) is 11.1 Å². The van der Waals surface area contributed by atoms with Gasteiger partial charge in [-0.3, -0.25) is 4.79 Å². The molecule has 0 spiro atoms. The fourth-order valence-electron chi connectivity index (χ4n) is 3.57. The van der Waals surface area contributed by atoms with Gasteiger partial charge in [0.25, 0.3) is 5.91 Å². The van der Waals surface area contributed by atoms with E-state index in [1.165, 1.54) is 5.38 Å². The summed E-state index contributed by atoms with van der Waals surface area (Å²) >= 11 is 0.879. The summed E-state index contributed by atoms with van der Waals surface area (Å²) in [6.07, 6.45) is 0.627. The molecule has 1 fully saturated rings. The summed E-state index contributed by atoms with van der Waals surface area (Å²) in [6, 6.07) is 0. The Morgan fingerprint density at radius 1 is 1.20 bits per heavy atom. The number of amides is 1. The van der Waals surface area contributed by atoms with Gasteiger partial charge in [0.15, 0.2) is 5.82 Å². The van der Waals surface area contributed by atoms with Gasteiger partial charge in [-0.2, -0.15) is 24.5 Å². The highest BCUT2D eigenvalue weighted by Gasteiger charge is 2.46. The molecule has 0 saturated heterocycles. The minimum atomic E-state index is -4.53. The van der Waals surface area contributed by atoms with Gasteiger partial charge in [0, 0.05) is 23.7 Å². The molecule has 0 unspecified atom stereocenters. The molecular formula is C16H17F3N4OS. The van der Waals surface area contributed by atoms with Crippen LogP contribution in [-0.4, -0.2) is 20.7 Å². The van der Waals surface area contributed by atoms with Crippen LogP contribution in [-0.2, 0) is 24.7 Å². The van der Waals surface area contributed by atoms with E-state index in [9.17, 15) is 18.0 Å². The van der Waals surface area contributed by atoms with E-state index in [4.69, 9.17) is 0 Å².